The molecular weight excluding hydrogens is 350 g/mol. The van der Waals surface area contributed by atoms with Crippen LogP contribution < -0.4 is 11.1 Å². The molecule has 1 aliphatic rings. The van der Waals surface area contributed by atoms with E-state index in [2.05, 4.69) is 17.1 Å². The lowest BCUT2D eigenvalue weighted by Crippen LogP contribution is -2.30. The van der Waals surface area contributed by atoms with E-state index in [0.29, 0.717) is 16.1 Å². The summed E-state index contributed by atoms with van der Waals surface area (Å²) in [5, 5.41) is 4.19. The van der Waals surface area contributed by atoms with E-state index in [9.17, 15) is 9.59 Å². The van der Waals surface area contributed by atoms with Crippen molar-refractivity contribution in [2.75, 3.05) is 18.4 Å². The van der Waals surface area contributed by atoms with Crippen molar-refractivity contribution < 1.29 is 14.0 Å². The topological polar surface area (TPSA) is 88.6 Å². The van der Waals surface area contributed by atoms with Crippen LogP contribution in [-0.2, 0) is 13.0 Å². The Labute approximate surface area is 154 Å². The average molecular weight is 369 g/mol. The predicted molar refractivity (Wildman–Crippen MR) is 102 cm³/mol. The molecule has 2 amide bonds. The third-order valence-electron chi connectivity index (χ3n) is 4.71. The fraction of sp³-hybridized carbons (Fsp3) is 0.263. The number of nitrogens with one attached hydrogen (secondary N) is 1. The molecule has 0 spiro atoms. The van der Waals surface area contributed by atoms with Crippen LogP contribution in [-0.4, -0.2) is 29.8 Å². The van der Waals surface area contributed by atoms with Crippen LogP contribution in [0.4, 0.5) is 5.00 Å². The normalized spacial score (nSPS) is 14.3. The van der Waals surface area contributed by atoms with Crippen LogP contribution in [0.25, 0.3) is 11.0 Å². The molecule has 1 aromatic carbocycles. The molecule has 3 heterocycles. The minimum atomic E-state index is -0.507. The summed E-state index contributed by atoms with van der Waals surface area (Å²) in [6.07, 6.45) is 0.762. The number of carbonyl (C=O) groups is 2. The van der Waals surface area contributed by atoms with Gasteiger partial charge in [0.25, 0.3) is 11.8 Å². The van der Waals surface area contributed by atoms with Gasteiger partial charge < -0.3 is 15.5 Å². The number of hydrogen-bond acceptors (Lipinski definition) is 5. The number of fused-ring (bicyclic) bond motifs is 2. The molecule has 3 aromatic rings. The molecule has 26 heavy (non-hydrogen) atoms. The van der Waals surface area contributed by atoms with Gasteiger partial charge in [-0.3, -0.25) is 14.5 Å². The lowest BCUT2D eigenvalue weighted by molar-refractivity contribution is 0.0999. The molecule has 4 rings (SSSR count). The maximum Gasteiger partial charge on any atom is 0.292 e. The number of rotatable bonds is 4. The number of furan rings is 1. The Kier molecular flexibility index (Phi) is 4.26. The van der Waals surface area contributed by atoms with Gasteiger partial charge in [-0.2, -0.15) is 0 Å². The zero-order valence-corrected chi connectivity index (χ0v) is 15.2. The number of amides is 2. The first-order valence-corrected chi connectivity index (χ1v) is 9.35. The Morgan fingerprint density at radius 1 is 1.35 bits per heavy atom. The highest BCUT2D eigenvalue weighted by atomic mass is 32.1. The van der Waals surface area contributed by atoms with Crippen molar-refractivity contribution in [2.45, 2.75) is 19.9 Å². The number of likely N-dealkylation sites (N-methyl/N-ethyl adjacent to an activating group) is 1. The fourth-order valence-electron chi connectivity index (χ4n) is 3.33. The Balaban J connectivity index is 1.66. The van der Waals surface area contributed by atoms with Crippen LogP contribution >= 0.6 is 11.3 Å². The quantitative estimate of drug-likeness (QED) is 0.739. The monoisotopic (exact) mass is 369 g/mol. The molecule has 134 valence electrons. The van der Waals surface area contributed by atoms with Crippen molar-refractivity contribution in [1.29, 1.82) is 0 Å². The van der Waals surface area contributed by atoms with Gasteiger partial charge in [0, 0.05) is 23.4 Å². The number of carbonyl (C=O) groups excluding carboxylic acids is 2. The molecule has 0 radical (unpaired) electrons. The first kappa shape index (κ1) is 16.8. The molecule has 0 aliphatic carbocycles. The van der Waals surface area contributed by atoms with Crippen LogP contribution in [0, 0.1) is 0 Å². The van der Waals surface area contributed by atoms with Crippen molar-refractivity contribution in [3.8, 4) is 0 Å². The number of nitrogens with two attached hydrogens (primary N) is 1. The molecule has 0 fully saturated rings. The summed E-state index contributed by atoms with van der Waals surface area (Å²) < 4.78 is 5.61. The maximum absolute atomic E-state index is 12.6. The summed E-state index contributed by atoms with van der Waals surface area (Å²) in [4.78, 5) is 28.0. The number of primary amides is 1. The third kappa shape index (κ3) is 2.89. The lowest BCUT2D eigenvalue weighted by atomic mass is 10.0. The van der Waals surface area contributed by atoms with E-state index in [1.54, 1.807) is 6.07 Å². The summed E-state index contributed by atoms with van der Waals surface area (Å²) in [5.74, 6) is -0.676. The van der Waals surface area contributed by atoms with Gasteiger partial charge in [-0.05, 0) is 30.7 Å². The van der Waals surface area contributed by atoms with Crippen LogP contribution in [0.5, 0.6) is 0 Å². The minimum absolute atomic E-state index is 0.211. The standard InChI is InChI=1S/C19H19N3O3S/c1-2-22-8-7-12-15(10-22)26-19(16(12)17(20)23)21-18(24)14-9-11-5-3-4-6-13(11)25-14/h3-6,9H,2,7-8,10H2,1H3,(H2,20,23)(H,21,24). The summed E-state index contributed by atoms with van der Waals surface area (Å²) in [6.45, 7) is 4.72. The molecule has 0 unspecified atom stereocenters. The lowest BCUT2D eigenvalue weighted by Gasteiger charge is -2.25. The molecule has 0 atom stereocenters. The predicted octanol–water partition coefficient (Wildman–Crippen LogP) is 3.22. The first-order valence-electron chi connectivity index (χ1n) is 8.53. The summed E-state index contributed by atoms with van der Waals surface area (Å²) in [5.41, 5.74) is 7.66. The van der Waals surface area contributed by atoms with E-state index >= 15 is 0 Å². The highest BCUT2D eigenvalue weighted by Crippen LogP contribution is 2.37. The summed E-state index contributed by atoms with van der Waals surface area (Å²) >= 11 is 1.42. The molecular formula is C19H19N3O3S. The van der Waals surface area contributed by atoms with E-state index < -0.39 is 5.91 Å². The number of nitrogens with zero attached hydrogens (tertiary/aromatic N) is 1. The molecule has 1 aliphatic heterocycles. The van der Waals surface area contributed by atoms with Gasteiger partial charge in [-0.1, -0.05) is 25.1 Å². The number of benzene rings is 1. The molecule has 7 heteroatoms. The summed E-state index contributed by atoms with van der Waals surface area (Å²) in [6, 6.07) is 9.13. The van der Waals surface area contributed by atoms with Gasteiger partial charge >= 0.3 is 0 Å². The van der Waals surface area contributed by atoms with Gasteiger partial charge in [0.1, 0.15) is 10.6 Å². The molecule has 2 aromatic heterocycles. The van der Waals surface area contributed by atoms with Crippen LogP contribution in [0.2, 0.25) is 0 Å². The molecule has 3 N–H and O–H groups in total. The van der Waals surface area contributed by atoms with E-state index in [4.69, 9.17) is 10.2 Å². The fourth-order valence-corrected chi connectivity index (χ4v) is 4.62. The Hall–Kier alpha value is -2.64. The zero-order valence-electron chi connectivity index (χ0n) is 14.4. The smallest absolute Gasteiger partial charge is 0.292 e. The second-order valence-corrected chi connectivity index (χ2v) is 7.40. The summed E-state index contributed by atoms with van der Waals surface area (Å²) in [7, 11) is 0. The van der Waals surface area contributed by atoms with Gasteiger partial charge in [-0.15, -0.1) is 11.3 Å². The van der Waals surface area contributed by atoms with E-state index in [0.717, 1.165) is 41.9 Å². The molecule has 0 saturated carbocycles. The first-order chi connectivity index (χ1) is 12.6. The number of hydrogen-bond donors (Lipinski definition) is 2. The van der Waals surface area contributed by atoms with E-state index in [-0.39, 0.29) is 11.7 Å². The Bertz CT molecular complexity index is 972. The van der Waals surface area contributed by atoms with Crippen LogP contribution in [0.3, 0.4) is 0 Å². The van der Waals surface area contributed by atoms with E-state index in [1.165, 1.54) is 11.3 Å². The van der Waals surface area contributed by atoms with Gasteiger partial charge in [-0.25, -0.2) is 0 Å². The van der Waals surface area contributed by atoms with Crippen molar-refractivity contribution in [3.63, 3.8) is 0 Å². The Morgan fingerprint density at radius 2 is 2.15 bits per heavy atom. The highest BCUT2D eigenvalue weighted by molar-refractivity contribution is 7.17. The Morgan fingerprint density at radius 3 is 2.88 bits per heavy atom. The zero-order chi connectivity index (χ0) is 18.3. The number of thiophene rings is 1. The van der Waals surface area contributed by atoms with Crippen molar-refractivity contribution in [1.82, 2.24) is 4.90 Å². The van der Waals surface area contributed by atoms with Crippen molar-refractivity contribution in [2.24, 2.45) is 5.73 Å². The molecule has 6 nitrogen and oxygen atoms in total. The van der Waals surface area contributed by atoms with Crippen LogP contribution in [0.15, 0.2) is 34.7 Å². The van der Waals surface area contributed by atoms with E-state index in [1.807, 2.05) is 24.3 Å². The number of para-hydroxylation sites is 1. The third-order valence-corrected chi connectivity index (χ3v) is 5.84. The molecule has 0 bridgehead atoms. The van der Waals surface area contributed by atoms with Gasteiger partial charge in [0.2, 0.25) is 0 Å². The SMILES string of the molecule is CCN1CCc2c(sc(NC(=O)c3cc4ccccc4o3)c2C(N)=O)C1. The highest BCUT2D eigenvalue weighted by Gasteiger charge is 2.27. The van der Waals surface area contributed by atoms with Gasteiger partial charge in [0.15, 0.2) is 5.76 Å². The second-order valence-electron chi connectivity index (χ2n) is 6.29. The minimum Gasteiger partial charge on any atom is -0.451 e. The van der Waals surface area contributed by atoms with Crippen LogP contribution in [0.1, 0.15) is 38.3 Å². The van der Waals surface area contributed by atoms with Crippen molar-refractivity contribution >= 4 is 39.1 Å². The number of anilines is 1. The molecule has 0 saturated heterocycles. The van der Waals surface area contributed by atoms with Crippen molar-refractivity contribution in [3.05, 3.63) is 52.1 Å². The maximum atomic E-state index is 12.6. The average Bonchev–Trinajstić information content (AvgIpc) is 3.21. The second kappa shape index (κ2) is 6.59. The van der Waals surface area contributed by atoms with Gasteiger partial charge in [0.05, 0.1) is 5.56 Å². The largest absolute Gasteiger partial charge is 0.451 e.